The number of amides is 1. The fourth-order valence-corrected chi connectivity index (χ4v) is 3.12. The van der Waals surface area contributed by atoms with Gasteiger partial charge in [-0.15, -0.1) is 0 Å². The Morgan fingerprint density at radius 3 is 2.26 bits per heavy atom. The second-order valence-electron chi connectivity index (χ2n) is 6.56. The molecule has 0 heterocycles. The van der Waals surface area contributed by atoms with E-state index in [9.17, 15) is 13.2 Å². The van der Waals surface area contributed by atoms with Crippen molar-refractivity contribution in [3.8, 4) is 5.75 Å². The van der Waals surface area contributed by atoms with Crippen molar-refractivity contribution in [2.24, 2.45) is 5.14 Å². The molecule has 0 spiro atoms. The van der Waals surface area contributed by atoms with Crippen molar-refractivity contribution in [2.75, 3.05) is 13.7 Å². The quantitative estimate of drug-likeness (QED) is 0.702. The van der Waals surface area contributed by atoms with Crippen LogP contribution in [0, 0.1) is 6.92 Å². The molecule has 2 N–H and O–H groups in total. The number of hydrogen-bond donors (Lipinski definition) is 1. The number of carbonyl (C=O) groups is 1. The first-order chi connectivity index (χ1) is 12.7. The summed E-state index contributed by atoms with van der Waals surface area (Å²) in [4.78, 5) is 14.1. The van der Waals surface area contributed by atoms with Crippen molar-refractivity contribution in [3.05, 3.63) is 59.7 Å². The molecule has 0 fully saturated rings. The lowest BCUT2D eigenvalue weighted by molar-refractivity contribution is -0.132. The van der Waals surface area contributed by atoms with Gasteiger partial charge in [-0.05, 0) is 50.1 Å². The molecule has 1 unspecified atom stereocenters. The molecule has 7 heteroatoms. The van der Waals surface area contributed by atoms with Gasteiger partial charge in [0, 0.05) is 13.5 Å². The molecular formula is C20H26N2O4S. The van der Waals surface area contributed by atoms with Gasteiger partial charge >= 0.3 is 0 Å². The van der Waals surface area contributed by atoms with E-state index in [-0.39, 0.29) is 16.8 Å². The minimum Gasteiger partial charge on any atom is -0.494 e. The van der Waals surface area contributed by atoms with E-state index in [0.717, 1.165) is 11.3 Å². The summed E-state index contributed by atoms with van der Waals surface area (Å²) in [5.41, 5.74) is 2.01. The average molecular weight is 391 g/mol. The van der Waals surface area contributed by atoms with Crippen LogP contribution >= 0.6 is 0 Å². The van der Waals surface area contributed by atoms with Crippen LogP contribution in [0.15, 0.2) is 53.4 Å². The molecule has 2 rings (SSSR count). The van der Waals surface area contributed by atoms with E-state index in [1.165, 1.54) is 17.7 Å². The molecular weight excluding hydrogens is 364 g/mol. The number of ether oxygens (including phenoxy) is 1. The predicted molar refractivity (Wildman–Crippen MR) is 105 cm³/mol. The van der Waals surface area contributed by atoms with Gasteiger partial charge in [-0.1, -0.05) is 29.8 Å². The van der Waals surface area contributed by atoms with Gasteiger partial charge in [-0.25, -0.2) is 13.6 Å². The Hall–Kier alpha value is -2.38. The van der Waals surface area contributed by atoms with E-state index in [0.29, 0.717) is 19.4 Å². The molecule has 0 saturated heterocycles. The van der Waals surface area contributed by atoms with E-state index >= 15 is 0 Å². The van der Waals surface area contributed by atoms with E-state index in [2.05, 4.69) is 0 Å². The largest absolute Gasteiger partial charge is 0.494 e. The lowest BCUT2D eigenvalue weighted by Crippen LogP contribution is -2.29. The van der Waals surface area contributed by atoms with Gasteiger partial charge in [-0.2, -0.15) is 0 Å². The Morgan fingerprint density at radius 2 is 1.70 bits per heavy atom. The average Bonchev–Trinajstić information content (AvgIpc) is 2.64. The van der Waals surface area contributed by atoms with Crippen molar-refractivity contribution in [2.45, 2.75) is 37.6 Å². The van der Waals surface area contributed by atoms with Crippen LogP contribution in [0.3, 0.4) is 0 Å². The van der Waals surface area contributed by atoms with Crippen LogP contribution in [0.1, 0.15) is 36.9 Å². The Bertz CT molecular complexity index is 862. The zero-order valence-electron chi connectivity index (χ0n) is 15.9. The molecule has 27 heavy (non-hydrogen) atoms. The first-order valence-corrected chi connectivity index (χ1v) is 10.3. The molecule has 0 bridgehead atoms. The third-order valence-electron chi connectivity index (χ3n) is 4.49. The summed E-state index contributed by atoms with van der Waals surface area (Å²) in [6.45, 7) is 4.38. The Balaban J connectivity index is 1.83. The first-order valence-electron chi connectivity index (χ1n) is 8.76. The monoisotopic (exact) mass is 390 g/mol. The standard InChI is InChI=1S/C20H26N2O4S/c1-15-6-10-18(11-7-15)26-14-4-5-20(23)22(3)16(2)17-8-12-19(13-9-17)27(21,24)25/h6-13,16H,4-5,14H2,1-3H3,(H2,21,24,25). The lowest BCUT2D eigenvalue weighted by Gasteiger charge is -2.25. The summed E-state index contributed by atoms with van der Waals surface area (Å²) in [5.74, 6) is 0.801. The van der Waals surface area contributed by atoms with Crippen LogP contribution in [-0.2, 0) is 14.8 Å². The summed E-state index contributed by atoms with van der Waals surface area (Å²) >= 11 is 0. The second-order valence-corrected chi connectivity index (χ2v) is 8.12. The highest BCUT2D eigenvalue weighted by molar-refractivity contribution is 7.89. The van der Waals surface area contributed by atoms with Crippen molar-refractivity contribution in [1.29, 1.82) is 0 Å². The van der Waals surface area contributed by atoms with Crippen LogP contribution in [0.5, 0.6) is 5.75 Å². The minimum absolute atomic E-state index is 0.00512. The molecule has 0 radical (unpaired) electrons. The number of primary sulfonamides is 1. The van der Waals surface area contributed by atoms with Crippen LogP contribution in [-0.4, -0.2) is 32.9 Å². The van der Waals surface area contributed by atoms with Crippen molar-refractivity contribution in [3.63, 3.8) is 0 Å². The molecule has 1 atom stereocenters. The van der Waals surface area contributed by atoms with Gasteiger partial charge in [0.25, 0.3) is 0 Å². The maximum Gasteiger partial charge on any atom is 0.238 e. The molecule has 2 aromatic rings. The molecule has 0 aliphatic carbocycles. The van der Waals surface area contributed by atoms with E-state index in [1.807, 2.05) is 38.1 Å². The van der Waals surface area contributed by atoms with Crippen LogP contribution in [0.4, 0.5) is 0 Å². The smallest absolute Gasteiger partial charge is 0.238 e. The fourth-order valence-electron chi connectivity index (χ4n) is 2.60. The number of aryl methyl sites for hydroxylation is 1. The highest BCUT2D eigenvalue weighted by atomic mass is 32.2. The van der Waals surface area contributed by atoms with Crippen molar-refractivity contribution >= 4 is 15.9 Å². The van der Waals surface area contributed by atoms with Crippen LogP contribution < -0.4 is 9.88 Å². The summed E-state index contributed by atoms with van der Waals surface area (Å²) in [7, 11) is -1.98. The highest BCUT2D eigenvalue weighted by Gasteiger charge is 2.18. The maximum absolute atomic E-state index is 12.4. The van der Waals surface area contributed by atoms with Gasteiger partial charge < -0.3 is 9.64 Å². The molecule has 6 nitrogen and oxygen atoms in total. The molecule has 146 valence electrons. The zero-order chi connectivity index (χ0) is 20.0. The van der Waals surface area contributed by atoms with E-state index < -0.39 is 10.0 Å². The van der Waals surface area contributed by atoms with Gasteiger partial charge in [0.05, 0.1) is 17.5 Å². The van der Waals surface area contributed by atoms with Crippen LogP contribution in [0.25, 0.3) is 0 Å². The number of nitrogens with zero attached hydrogens (tertiary/aromatic N) is 1. The third-order valence-corrected chi connectivity index (χ3v) is 5.42. The highest BCUT2D eigenvalue weighted by Crippen LogP contribution is 2.21. The molecule has 0 aliphatic heterocycles. The molecule has 0 aromatic heterocycles. The topological polar surface area (TPSA) is 89.7 Å². The Morgan fingerprint density at radius 1 is 1.11 bits per heavy atom. The normalized spacial score (nSPS) is 12.4. The zero-order valence-corrected chi connectivity index (χ0v) is 16.7. The maximum atomic E-state index is 12.4. The van der Waals surface area contributed by atoms with Gasteiger partial charge in [-0.3, -0.25) is 4.79 Å². The summed E-state index contributed by atoms with van der Waals surface area (Å²) in [5, 5.41) is 5.10. The number of sulfonamides is 1. The number of rotatable bonds is 8. The van der Waals surface area contributed by atoms with Crippen molar-refractivity contribution in [1.82, 2.24) is 4.90 Å². The fraction of sp³-hybridized carbons (Fsp3) is 0.350. The summed E-state index contributed by atoms with van der Waals surface area (Å²) in [6, 6.07) is 13.9. The minimum atomic E-state index is -3.72. The molecule has 2 aromatic carbocycles. The third kappa shape index (κ3) is 6.08. The van der Waals surface area contributed by atoms with E-state index in [1.54, 1.807) is 24.1 Å². The van der Waals surface area contributed by atoms with Gasteiger partial charge in [0.1, 0.15) is 5.75 Å². The lowest BCUT2D eigenvalue weighted by atomic mass is 10.1. The number of benzene rings is 2. The summed E-state index contributed by atoms with van der Waals surface area (Å²) in [6.07, 6.45) is 0.996. The first kappa shape index (κ1) is 20.9. The molecule has 0 saturated carbocycles. The van der Waals surface area contributed by atoms with E-state index in [4.69, 9.17) is 9.88 Å². The Kier molecular flexibility index (Phi) is 6.98. The Labute approximate surface area is 161 Å². The molecule has 0 aliphatic rings. The summed E-state index contributed by atoms with van der Waals surface area (Å²) < 4.78 is 28.3. The SMILES string of the molecule is Cc1ccc(OCCCC(=O)N(C)C(C)c2ccc(S(N)(=O)=O)cc2)cc1. The number of carbonyl (C=O) groups excluding carboxylic acids is 1. The van der Waals surface area contributed by atoms with Gasteiger partial charge in [0.15, 0.2) is 0 Å². The number of hydrogen-bond acceptors (Lipinski definition) is 4. The second kappa shape index (κ2) is 9.01. The van der Waals surface area contributed by atoms with Crippen LogP contribution in [0.2, 0.25) is 0 Å². The molecule has 1 amide bonds. The van der Waals surface area contributed by atoms with Gasteiger partial charge in [0.2, 0.25) is 15.9 Å². The predicted octanol–water partition coefficient (Wildman–Crippen LogP) is 3.02. The number of nitrogens with two attached hydrogens (primary N) is 1. The van der Waals surface area contributed by atoms with Crippen molar-refractivity contribution < 1.29 is 17.9 Å².